The summed E-state index contributed by atoms with van der Waals surface area (Å²) in [5.41, 5.74) is 2.14. The Hall–Kier alpha value is -2.49. The molecule has 3 rings (SSSR count). The van der Waals surface area contributed by atoms with E-state index in [1.165, 1.54) is 5.56 Å². The molecule has 0 aliphatic rings. The molecule has 0 aliphatic heterocycles. The van der Waals surface area contributed by atoms with Crippen LogP contribution in [0, 0.1) is 0 Å². The van der Waals surface area contributed by atoms with E-state index in [0.29, 0.717) is 13.1 Å². The van der Waals surface area contributed by atoms with E-state index in [0.717, 1.165) is 37.0 Å². The maximum atomic E-state index is 4.70. The summed E-state index contributed by atoms with van der Waals surface area (Å²) in [5.74, 6) is 1.75. The number of hydrogen-bond acceptors (Lipinski definition) is 4. The lowest BCUT2D eigenvalue weighted by Gasteiger charge is -2.13. The number of hydrogen-bond donors (Lipinski definition) is 2. The highest BCUT2D eigenvalue weighted by atomic mass is 127. The zero-order chi connectivity index (χ0) is 18.7. The van der Waals surface area contributed by atoms with Gasteiger partial charge in [0.25, 0.3) is 0 Å². The van der Waals surface area contributed by atoms with Crippen LogP contribution >= 0.6 is 24.0 Å². The quantitative estimate of drug-likeness (QED) is 0.288. The highest BCUT2D eigenvalue weighted by Crippen LogP contribution is 2.00. The van der Waals surface area contributed by atoms with E-state index in [-0.39, 0.29) is 24.0 Å². The molecule has 0 aliphatic carbocycles. The molecule has 2 heterocycles. The van der Waals surface area contributed by atoms with E-state index in [1.54, 1.807) is 12.5 Å². The van der Waals surface area contributed by atoms with Crippen molar-refractivity contribution in [2.24, 2.45) is 4.99 Å². The number of aliphatic imine (C=N–C) groups is 1. The van der Waals surface area contributed by atoms with Crippen molar-refractivity contribution in [1.29, 1.82) is 0 Å². The molecule has 0 saturated heterocycles. The van der Waals surface area contributed by atoms with Crippen LogP contribution in [0.4, 0.5) is 0 Å². The lowest BCUT2D eigenvalue weighted by molar-refractivity contribution is 0.631. The SMILES string of the molecule is CCc1nncn1CCNC(=NCc1ccccc1)NCc1ccccn1.I. The zero-order valence-electron chi connectivity index (χ0n) is 16.0. The lowest BCUT2D eigenvalue weighted by Crippen LogP contribution is -2.38. The van der Waals surface area contributed by atoms with E-state index >= 15 is 0 Å². The van der Waals surface area contributed by atoms with Gasteiger partial charge in [-0.15, -0.1) is 34.2 Å². The summed E-state index contributed by atoms with van der Waals surface area (Å²) in [5, 5.41) is 14.8. The Morgan fingerprint density at radius 1 is 1.07 bits per heavy atom. The van der Waals surface area contributed by atoms with Gasteiger partial charge in [0.2, 0.25) is 0 Å². The number of aromatic nitrogens is 4. The van der Waals surface area contributed by atoms with Gasteiger partial charge in [-0.25, -0.2) is 4.99 Å². The Morgan fingerprint density at radius 2 is 1.89 bits per heavy atom. The Labute approximate surface area is 182 Å². The average Bonchev–Trinajstić information content (AvgIpc) is 3.18. The van der Waals surface area contributed by atoms with Crippen molar-refractivity contribution in [3.8, 4) is 0 Å². The monoisotopic (exact) mass is 491 g/mol. The molecule has 28 heavy (non-hydrogen) atoms. The van der Waals surface area contributed by atoms with Crippen molar-refractivity contribution in [2.45, 2.75) is 33.0 Å². The molecule has 148 valence electrons. The van der Waals surface area contributed by atoms with Gasteiger partial charge in [0.05, 0.1) is 18.8 Å². The van der Waals surface area contributed by atoms with E-state index in [2.05, 4.69) is 49.4 Å². The highest BCUT2D eigenvalue weighted by molar-refractivity contribution is 14.0. The first kappa shape index (κ1) is 21.8. The second kappa shape index (κ2) is 12.1. The van der Waals surface area contributed by atoms with Gasteiger partial charge in [-0.1, -0.05) is 43.3 Å². The summed E-state index contributed by atoms with van der Waals surface area (Å²) in [4.78, 5) is 9.04. The zero-order valence-corrected chi connectivity index (χ0v) is 18.3. The van der Waals surface area contributed by atoms with Crippen molar-refractivity contribution in [3.63, 3.8) is 0 Å². The first-order valence-electron chi connectivity index (χ1n) is 9.18. The van der Waals surface area contributed by atoms with Crippen LogP contribution in [-0.2, 0) is 26.1 Å². The van der Waals surface area contributed by atoms with Crippen LogP contribution in [0.5, 0.6) is 0 Å². The fourth-order valence-corrected chi connectivity index (χ4v) is 2.64. The second-order valence-electron chi connectivity index (χ2n) is 6.05. The number of benzene rings is 1. The molecule has 3 aromatic rings. The Kier molecular flexibility index (Phi) is 9.40. The molecule has 2 aromatic heterocycles. The minimum absolute atomic E-state index is 0. The van der Waals surface area contributed by atoms with Gasteiger partial charge in [0.15, 0.2) is 5.96 Å². The molecule has 8 heteroatoms. The number of guanidine groups is 1. The van der Waals surface area contributed by atoms with E-state index < -0.39 is 0 Å². The molecular formula is C20H26IN7. The molecule has 1 aromatic carbocycles. The van der Waals surface area contributed by atoms with Gasteiger partial charge >= 0.3 is 0 Å². The smallest absolute Gasteiger partial charge is 0.191 e. The van der Waals surface area contributed by atoms with Crippen LogP contribution in [0.15, 0.2) is 66.0 Å². The number of aryl methyl sites for hydroxylation is 1. The molecule has 0 amide bonds. The van der Waals surface area contributed by atoms with Gasteiger partial charge in [0.1, 0.15) is 12.2 Å². The Morgan fingerprint density at radius 3 is 2.64 bits per heavy atom. The normalized spacial score (nSPS) is 11.0. The summed E-state index contributed by atoms with van der Waals surface area (Å²) in [7, 11) is 0. The summed E-state index contributed by atoms with van der Waals surface area (Å²) in [6.07, 6.45) is 4.43. The minimum atomic E-state index is 0. The van der Waals surface area contributed by atoms with Crippen molar-refractivity contribution in [3.05, 3.63) is 78.1 Å². The average molecular weight is 491 g/mol. The molecule has 0 saturated carbocycles. The van der Waals surface area contributed by atoms with Crippen LogP contribution in [-0.4, -0.2) is 32.3 Å². The third-order valence-electron chi connectivity index (χ3n) is 4.08. The van der Waals surface area contributed by atoms with E-state index in [9.17, 15) is 0 Å². The van der Waals surface area contributed by atoms with Crippen LogP contribution in [0.2, 0.25) is 0 Å². The minimum Gasteiger partial charge on any atom is -0.355 e. The van der Waals surface area contributed by atoms with E-state index in [1.807, 2.05) is 36.4 Å². The van der Waals surface area contributed by atoms with Gasteiger partial charge in [-0.05, 0) is 17.7 Å². The molecule has 0 spiro atoms. The maximum Gasteiger partial charge on any atom is 0.191 e. The largest absolute Gasteiger partial charge is 0.355 e. The highest BCUT2D eigenvalue weighted by Gasteiger charge is 2.03. The lowest BCUT2D eigenvalue weighted by atomic mass is 10.2. The number of nitrogens with one attached hydrogen (secondary N) is 2. The predicted octanol–water partition coefficient (Wildman–Crippen LogP) is 2.79. The molecule has 0 radical (unpaired) electrons. The molecule has 7 nitrogen and oxygen atoms in total. The van der Waals surface area contributed by atoms with Crippen LogP contribution in [0.1, 0.15) is 24.0 Å². The van der Waals surface area contributed by atoms with Gasteiger partial charge in [-0.2, -0.15) is 0 Å². The number of halogens is 1. The molecular weight excluding hydrogens is 465 g/mol. The van der Waals surface area contributed by atoms with Crippen molar-refractivity contribution < 1.29 is 0 Å². The first-order chi connectivity index (χ1) is 13.3. The van der Waals surface area contributed by atoms with Crippen LogP contribution < -0.4 is 10.6 Å². The maximum absolute atomic E-state index is 4.70. The second-order valence-corrected chi connectivity index (χ2v) is 6.05. The first-order valence-corrected chi connectivity index (χ1v) is 9.18. The third kappa shape index (κ3) is 6.91. The molecule has 0 unspecified atom stereocenters. The predicted molar refractivity (Wildman–Crippen MR) is 121 cm³/mol. The molecule has 0 fully saturated rings. The van der Waals surface area contributed by atoms with Gasteiger partial charge < -0.3 is 15.2 Å². The van der Waals surface area contributed by atoms with E-state index in [4.69, 9.17) is 4.99 Å². The summed E-state index contributed by atoms with van der Waals surface area (Å²) in [6, 6.07) is 16.1. The fourth-order valence-electron chi connectivity index (χ4n) is 2.64. The van der Waals surface area contributed by atoms with Crippen LogP contribution in [0.3, 0.4) is 0 Å². The fraction of sp³-hybridized carbons (Fsp3) is 0.300. The molecule has 0 atom stereocenters. The van der Waals surface area contributed by atoms with Gasteiger partial charge in [0, 0.05) is 25.7 Å². The number of rotatable bonds is 8. The standard InChI is InChI=1S/C20H25N7.HI/c1-2-19-26-25-16-27(19)13-12-22-20(23-14-17-8-4-3-5-9-17)24-15-18-10-6-7-11-21-18;/h3-11,16H,2,12-15H2,1H3,(H2,22,23,24);1H. The Bertz CT molecular complexity index is 834. The third-order valence-corrected chi connectivity index (χ3v) is 4.08. The van der Waals surface area contributed by atoms with Crippen molar-refractivity contribution in [2.75, 3.05) is 6.54 Å². The Balaban J connectivity index is 0.00000280. The van der Waals surface area contributed by atoms with Gasteiger partial charge in [-0.3, -0.25) is 4.98 Å². The van der Waals surface area contributed by atoms with Crippen molar-refractivity contribution in [1.82, 2.24) is 30.4 Å². The molecule has 0 bridgehead atoms. The summed E-state index contributed by atoms with van der Waals surface area (Å²) < 4.78 is 2.06. The topological polar surface area (TPSA) is 80.0 Å². The van der Waals surface area contributed by atoms with Crippen molar-refractivity contribution >= 4 is 29.9 Å². The number of nitrogens with zero attached hydrogens (tertiary/aromatic N) is 5. The molecule has 2 N–H and O–H groups in total. The summed E-state index contributed by atoms with van der Waals surface area (Å²) >= 11 is 0. The van der Waals surface area contributed by atoms with Crippen LogP contribution in [0.25, 0.3) is 0 Å². The summed E-state index contributed by atoms with van der Waals surface area (Å²) in [6.45, 7) is 4.83. The number of pyridine rings is 1.